The molecule has 17 heavy (non-hydrogen) atoms. The van der Waals surface area contributed by atoms with Gasteiger partial charge in [0.05, 0.1) is 0 Å². The fraction of sp³-hybridized carbons (Fsp3) is 0.500. The smallest absolute Gasteiger partial charge is 0.251 e. The van der Waals surface area contributed by atoms with Crippen molar-refractivity contribution in [2.75, 3.05) is 31.1 Å². The maximum atomic E-state index is 11.6. The summed E-state index contributed by atoms with van der Waals surface area (Å²) < 4.78 is 0. The Morgan fingerprint density at radius 1 is 1.29 bits per heavy atom. The van der Waals surface area contributed by atoms with E-state index in [4.69, 9.17) is 0 Å². The fourth-order valence-corrected chi connectivity index (χ4v) is 2.00. The number of nitrogens with zero attached hydrogens (tertiary/aromatic N) is 3. The largest absolute Gasteiger partial charge is 0.384 e. The van der Waals surface area contributed by atoms with Crippen molar-refractivity contribution in [3.63, 3.8) is 0 Å². The zero-order valence-corrected chi connectivity index (χ0v) is 9.91. The fourth-order valence-electron chi connectivity index (χ4n) is 2.00. The Morgan fingerprint density at radius 3 is 2.41 bits per heavy atom. The van der Waals surface area contributed by atoms with E-state index in [1.807, 2.05) is 12.1 Å². The van der Waals surface area contributed by atoms with Crippen molar-refractivity contribution in [2.45, 2.75) is 13.0 Å². The molecule has 1 aliphatic heterocycles. The van der Waals surface area contributed by atoms with E-state index >= 15 is 0 Å². The highest BCUT2D eigenvalue weighted by Gasteiger charge is 2.23. The molecule has 2 rings (SSSR count). The van der Waals surface area contributed by atoms with E-state index in [0.29, 0.717) is 13.1 Å². The molecule has 1 amide bonds. The molecule has 5 nitrogen and oxygen atoms in total. The molecule has 1 fully saturated rings. The van der Waals surface area contributed by atoms with Crippen molar-refractivity contribution in [3.8, 4) is 0 Å². The van der Waals surface area contributed by atoms with Gasteiger partial charge >= 0.3 is 0 Å². The van der Waals surface area contributed by atoms with Crippen LogP contribution in [-0.4, -0.2) is 53.2 Å². The molecular weight excluding hydrogens is 218 g/mol. The maximum absolute atomic E-state index is 11.6. The number of piperazine rings is 1. The molecule has 1 unspecified atom stereocenters. The van der Waals surface area contributed by atoms with Gasteiger partial charge in [0.25, 0.3) is 5.91 Å². The van der Waals surface area contributed by atoms with Crippen LogP contribution < -0.4 is 4.90 Å². The molecule has 92 valence electrons. The second kappa shape index (κ2) is 5.14. The summed E-state index contributed by atoms with van der Waals surface area (Å²) in [5.74, 6) is -0.181. The molecule has 1 aromatic heterocycles. The molecule has 1 aromatic rings. The third-order valence-electron chi connectivity index (χ3n) is 2.98. The molecule has 1 saturated heterocycles. The van der Waals surface area contributed by atoms with Crippen LogP contribution in [0, 0.1) is 0 Å². The number of aliphatic hydroxyl groups is 1. The summed E-state index contributed by atoms with van der Waals surface area (Å²) in [5, 5.41) is 9.24. The molecule has 1 N–H and O–H groups in total. The summed E-state index contributed by atoms with van der Waals surface area (Å²) in [5.41, 5.74) is 1.13. The Bertz CT molecular complexity index is 373. The summed E-state index contributed by atoms with van der Waals surface area (Å²) in [6.07, 6.45) is 2.63. The first-order valence-electron chi connectivity index (χ1n) is 5.80. The van der Waals surface area contributed by atoms with Gasteiger partial charge in [-0.3, -0.25) is 9.78 Å². The summed E-state index contributed by atoms with van der Waals surface area (Å²) in [6.45, 7) is 4.42. The third-order valence-corrected chi connectivity index (χ3v) is 2.98. The molecule has 0 aliphatic carbocycles. The number of aliphatic hydroxyl groups excluding tert-OH is 1. The van der Waals surface area contributed by atoms with Crippen LogP contribution in [0.5, 0.6) is 0 Å². The van der Waals surface area contributed by atoms with Gasteiger partial charge in [-0.15, -0.1) is 0 Å². The van der Waals surface area contributed by atoms with Crippen LogP contribution in [0.1, 0.15) is 6.92 Å². The molecule has 1 atom stereocenters. The molecular formula is C12H17N3O2. The Morgan fingerprint density at radius 2 is 1.88 bits per heavy atom. The number of rotatable bonds is 2. The van der Waals surface area contributed by atoms with Gasteiger partial charge in [0.2, 0.25) is 0 Å². The predicted octanol–water partition coefficient (Wildman–Crippen LogP) is 0.111. The first-order valence-corrected chi connectivity index (χ1v) is 5.80. The van der Waals surface area contributed by atoms with E-state index in [1.54, 1.807) is 17.3 Å². The minimum Gasteiger partial charge on any atom is -0.384 e. The van der Waals surface area contributed by atoms with Crippen LogP contribution in [-0.2, 0) is 4.79 Å². The first kappa shape index (κ1) is 11.9. The summed E-state index contributed by atoms with van der Waals surface area (Å²) >= 11 is 0. The number of hydrogen-bond donors (Lipinski definition) is 1. The number of carbonyl (C=O) groups excluding carboxylic acids is 1. The zero-order valence-electron chi connectivity index (χ0n) is 9.91. The lowest BCUT2D eigenvalue weighted by Crippen LogP contribution is -2.51. The Balaban J connectivity index is 1.93. The molecule has 0 saturated carbocycles. The monoisotopic (exact) mass is 235 g/mol. The normalized spacial score (nSPS) is 18.0. The minimum absolute atomic E-state index is 0.181. The van der Waals surface area contributed by atoms with Gasteiger partial charge in [0, 0.05) is 44.3 Å². The van der Waals surface area contributed by atoms with Crippen LogP contribution in [0.2, 0.25) is 0 Å². The highest BCUT2D eigenvalue weighted by Crippen LogP contribution is 2.14. The molecule has 1 aliphatic rings. The van der Waals surface area contributed by atoms with Crippen molar-refractivity contribution in [1.29, 1.82) is 0 Å². The van der Waals surface area contributed by atoms with E-state index in [0.717, 1.165) is 18.8 Å². The molecule has 0 bridgehead atoms. The average Bonchev–Trinajstić information content (AvgIpc) is 2.39. The van der Waals surface area contributed by atoms with E-state index in [9.17, 15) is 9.90 Å². The number of carbonyl (C=O) groups is 1. The quantitative estimate of drug-likeness (QED) is 0.790. The number of pyridine rings is 1. The van der Waals surface area contributed by atoms with Gasteiger partial charge in [-0.05, 0) is 19.1 Å². The molecule has 0 aromatic carbocycles. The first-order chi connectivity index (χ1) is 8.18. The predicted molar refractivity (Wildman–Crippen MR) is 64.7 cm³/mol. The maximum Gasteiger partial charge on any atom is 0.251 e. The van der Waals surface area contributed by atoms with Gasteiger partial charge in [-0.25, -0.2) is 0 Å². The third kappa shape index (κ3) is 2.74. The molecule has 0 radical (unpaired) electrons. The lowest BCUT2D eigenvalue weighted by molar-refractivity contribution is -0.139. The minimum atomic E-state index is -0.900. The van der Waals surface area contributed by atoms with Gasteiger partial charge in [0.1, 0.15) is 6.10 Å². The second-order valence-electron chi connectivity index (χ2n) is 4.19. The lowest BCUT2D eigenvalue weighted by Gasteiger charge is -2.36. The highest BCUT2D eigenvalue weighted by molar-refractivity contribution is 5.80. The van der Waals surface area contributed by atoms with E-state index < -0.39 is 6.10 Å². The molecule has 0 spiro atoms. The number of aromatic nitrogens is 1. The van der Waals surface area contributed by atoms with Crippen molar-refractivity contribution in [3.05, 3.63) is 24.5 Å². The summed E-state index contributed by atoms with van der Waals surface area (Å²) in [6, 6.07) is 3.93. The van der Waals surface area contributed by atoms with Crippen molar-refractivity contribution in [2.24, 2.45) is 0 Å². The van der Waals surface area contributed by atoms with E-state index in [-0.39, 0.29) is 5.91 Å². The zero-order chi connectivity index (χ0) is 12.3. The second-order valence-corrected chi connectivity index (χ2v) is 4.19. The summed E-state index contributed by atoms with van der Waals surface area (Å²) in [7, 11) is 0. The van der Waals surface area contributed by atoms with Gasteiger partial charge in [0.15, 0.2) is 0 Å². The summed E-state index contributed by atoms with van der Waals surface area (Å²) in [4.78, 5) is 19.5. The van der Waals surface area contributed by atoms with Crippen LogP contribution in [0.4, 0.5) is 5.69 Å². The van der Waals surface area contributed by atoms with Crippen LogP contribution in [0.15, 0.2) is 24.5 Å². The van der Waals surface area contributed by atoms with Crippen LogP contribution in [0.25, 0.3) is 0 Å². The Hall–Kier alpha value is -1.62. The average molecular weight is 235 g/mol. The lowest BCUT2D eigenvalue weighted by atomic mass is 10.2. The number of hydrogen-bond acceptors (Lipinski definition) is 4. The SMILES string of the molecule is CC(O)C(=O)N1CCN(c2ccncc2)CC1. The topological polar surface area (TPSA) is 56.7 Å². The Kier molecular flexibility index (Phi) is 3.58. The van der Waals surface area contributed by atoms with E-state index in [2.05, 4.69) is 9.88 Å². The van der Waals surface area contributed by atoms with Gasteiger partial charge in [-0.2, -0.15) is 0 Å². The Labute approximate surface area is 101 Å². The van der Waals surface area contributed by atoms with Gasteiger partial charge < -0.3 is 14.9 Å². The van der Waals surface area contributed by atoms with Gasteiger partial charge in [-0.1, -0.05) is 0 Å². The molecule has 5 heteroatoms. The van der Waals surface area contributed by atoms with E-state index in [1.165, 1.54) is 6.92 Å². The number of anilines is 1. The standard InChI is InChI=1S/C12H17N3O2/c1-10(16)12(17)15-8-6-14(7-9-15)11-2-4-13-5-3-11/h2-5,10,16H,6-9H2,1H3. The van der Waals surface area contributed by atoms with Crippen molar-refractivity contribution in [1.82, 2.24) is 9.88 Å². The molecule has 2 heterocycles. The van der Waals surface area contributed by atoms with Crippen LogP contribution >= 0.6 is 0 Å². The number of amides is 1. The van der Waals surface area contributed by atoms with Crippen LogP contribution in [0.3, 0.4) is 0 Å². The highest BCUT2D eigenvalue weighted by atomic mass is 16.3. The van der Waals surface area contributed by atoms with Crippen molar-refractivity contribution < 1.29 is 9.90 Å². The van der Waals surface area contributed by atoms with Crippen molar-refractivity contribution >= 4 is 11.6 Å².